The number of carbonyl (C=O) groups is 1. The van der Waals surface area contributed by atoms with Crippen molar-refractivity contribution in [2.75, 3.05) is 5.32 Å². The van der Waals surface area contributed by atoms with E-state index < -0.39 is 39.5 Å². The highest BCUT2D eigenvalue weighted by Crippen LogP contribution is 2.33. The number of hydrogen-bond donors (Lipinski definition) is 2. The first-order chi connectivity index (χ1) is 13.3. The molecule has 1 heterocycles. The standard InChI is InChI=1S/C18H19F4N3O3S/c1-5-10(2)24-29(27,28)15-9-25(4)16(11(15)3)17(26)23-12-6-7-14(19)13(8-12)18(20,21)22/h5-10,24H,1H2,2-4H3,(H,23,26)/t10-/m0/s1. The first-order valence-electron chi connectivity index (χ1n) is 8.26. The highest BCUT2D eigenvalue weighted by atomic mass is 32.2. The van der Waals surface area contributed by atoms with Crippen LogP contribution in [0.1, 0.15) is 28.5 Å². The molecule has 0 bridgehead atoms. The Morgan fingerprint density at radius 1 is 1.31 bits per heavy atom. The van der Waals surface area contributed by atoms with Crippen LogP contribution in [0.25, 0.3) is 0 Å². The van der Waals surface area contributed by atoms with E-state index in [-0.39, 0.29) is 21.8 Å². The van der Waals surface area contributed by atoms with Crippen LogP contribution in [0.15, 0.2) is 41.9 Å². The Bertz CT molecular complexity index is 1060. The number of anilines is 1. The molecule has 1 aromatic carbocycles. The fraction of sp³-hybridized carbons (Fsp3) is 0.278. The van der Waals surface area contributed by atoms with Gasteiger partial charge in [-0.1, -0.05) is 6.08 Å². The second kappa shape index (κ2) is 7.99. The maximum absolute atomic E-state index is 13.4. The molecule has 2 rings (SSSR count). The molecule has 1 amide bonds. The molecule has 0 unspecified atom stereocenters. The molecule has 1 atom stereocenters. The molecular formula is C18H19F4N3O3S. The zero-order valence-electron chi connectivity index (χ0n) is 15.8. The summed E-state index contributed by atoms with van der Waals surface area (Å²) in [4.78, 5) is 12.4. The third kappa shape index (κ3) is 4.85. The Morgan fingerprint density at radius 2 is 1.93 bits per heavy atom. The molecule has 0 spiro atoms. The SMILES string of the molecule is C=C[C@H](C)NS(=O)(=O)c1cn(C)c(C(=O)Nc2ccc(F)c(C(F)(F)F)c2)c1C. The maximum atomic E-state index is 13.4. The summed E-state index contributed by atoms with van der Waals surface area (Å²) in [5.41, 5.74) is -1.78. The average Bonchev–Trinajstić information content (AvgIpc) is 2.90. The summed E-state index contributed by atoms with van der Waals surface area (Å²) in [7, 11) is -2.54. The maximum Gasteiger partial charge on any atom is 0.419 e. The molecule has 158 valence electrons. The van der Waals surface area contributed by atoms with Crippen LogP contribution in [0.2, 0.25) is 0 Å². The first-order valence-corrected chi connectivity index (χ1v) is 9.75. The minimum atomic E-state index is -4.93. The van der Waals surface area contributed by atoms with Gasteiger partial charge < -0.3 is 9.88 Å². The summed E-state index contributed by atoms with van der Waals surface area (Å²) in [6, 6.07) is 1.48. The smallest absolute Gasteiger partial charge is 0.345 e. The van der Waals surface area contributed by atoms with Gasteiger partial charge in [0.1, 0.15) is 16.4 Å². The third-order valence-corrected chi connectivity index (χ3v) is 5.79. The van der Waals surface area contributed by atoms with E-state index in [0.717, 1.165) is 6.07 Å². The summed E-state index contributed by atoms with van der Waals surface area (Å²) in [6.07, 6.45) is -2.33. The molecule has 0 radical (unpaired) electrons. The molecule has 0 aliphatic rings. The number of amides is 1. The Morgan fingerprint density at radius 3 is 2.48 bits per heavy atom. The molecule has 2 N–H and O–H groups in total. The van der Waals surface area contributed by atoms with Gasteiger partial charge in [-0.05, 0) is 37.6 Å². The van der Waals surface area contributed by atoms with Gasteiger partial charge in [0.2, 0.25) is 10.0 Å². The van der Waals surface area contributed by atoms with E-state index in [2.05, 4.69) is 16.6 Å². The molecule has 0 saturated heterocycles. The van der Waals surface area contributed by atoms with Gasteiger partial charge in [0.15, 0.2) is 0 Å². The average molecular weight is 433 g/mol. The second-order valence-electron chi connectivity index (χ2n) is 6.37. The van der Waals surface area contributed by atoms with Crippen LogP contribution in [-0.2, 0) is 23.2 Å². The number of halogens is 4. The fourth-order valence-corrected chi connectivity index (χ4v) is 4.20. The van der Waals surface area contributed by atoms with Crippen LogP contribution in [0.5, 0.6) is 0 Å². The highest BCUT2D eigenvalue weighted by Gasteiger charge is 2.34. The van der Waals surface area contributed by atoms with Crippen molar-refractivity contribution in [3.8, 4) is 0 Å². The summed E-state index contributed by atoms with van der Waals surface area (Å²) in [6.45, 7) is 6.46. The number of nitrogens with one attached hydrogen (secondary N) is 2. The lowest BCUT2D eigenvalue weighted by Crippen LogP contribution is -2.31. The van der Waals surface area contributed by atoms with Crippen LogP contribution in [0, 0.1) is 12.7 Å². The van der Waals surface area contributed by atoms with E-state index in [9.17, 15) is 30.8 Å². The minimum Gasteiger partial charge on any atom is -0.345 e. The first kappa shape index (κ1) is 22.6. The Hall–Kier alpha value is -2.66. The van der Waals surface area contributed by atoms with Crippen molar-refractivity contribution in [3.63, 3.8) is 0 Å². The van der Waals surface area contributed by atoms with E-state index in [1.807, 2.05) is 0 Å². The van der Waals surface area contributed by atoms with Gasteiger partial charge >= 0.3 is 6.18 Å². The lowest BCUT2D eigenvalue weighted by molar-refractivity contribution is -0.139. The van der Waals surface area contributed by atoms with E-state index >= 15 is 0 Å². The summed E-state index contributed by atoms with van der Waals surface area (Å²) < 4.78 is 80.5. The zero-order chi connectivity index (χ0) is 22.1. The number of sulfonamides is 1. The molecule has 6 nitrogen and oxygen atoms in total. The van der Waals surface area contributed by atoms with E-state index in [1.165, 1.54) is 30.8 Å². The number of aromatic nitrogens is 1. The monoisotopic (exact) mass is 433 g/mol. The summed E-state index contributed by atoms with van der Waals surface area (Å²) >= 11 is 0. The highest BCUT2D eigenvalue weighted by molar-refractivity contribution is 7.89. The number of aryl methyl sites for hydroxylation is 1. The zero-order valence-corrected chi connectivity index (χ0v) is 16.6. The van der Waals surface area contributed by atoms with Crippen molar-refractivity contribution in [3.05, 3.63) is 59.7 Å². The quantitative estimate of drug-likeness (QED) is 0.540. The van der Waals surface area contributed by atoms with E-state index in [1.54, 1.807) is 6.92 Å². The number of nitrogens with zero attached hydrogens (tertiary/aromatic N) is 1. The topological polar surface area (TPSA) is 80.2 Å². The van der Waals surface area contributed by atoms with E-state index in [4.69, 9.17) is 0 Å². The number of carbonyl (C=O) groups excluding carboxylic acids is 1. The molecule has 11 heteroatoms. The van der Waals surface area contributed by atoms with Gasteiger partial charge in [0.25, 0.3) is 5.91 Å². The number of alkyl halides is 3. The van der Waals surface area contributed by atoms with Gasteiger partial charge in [0, 0.05) is 25.0 Å². The minimum absolute atomic E-state index is 0.0745. The number of rotatable bonds is 6. The lowest BCUT2D eigenvalue weighted by Gasteiger charge is -2.12. The van der Waals surface area contributed by atoms with Gasteiger partial charge in [-0.3, -0.25) is 4.79 Å². The Balaban J connectivity index is 2.39. The predicted molar refractivity (Wildman–Crippen MR) is 99.5 cm³/mol. The van der Waals surface area contributed by atoms with Crippen molar-refractivity contribution in [2.45, 2.75) is 31.0 Å². The van der Waals surface area contributed by atoms with Gasteiger partial charge in [-0.2, -0.15) is 13.2 Å². The Kier molecular flexibility index (Phi) is 6.24. The number of benzene rings is 1. The molecular weight excluding hydrogens is 414 g/mol. The van der Waals surface area contributed by atoms with Gasteiger partial charge in [-0.25, -0.2) is 17.5 Å². The molecule has 0 aliphatic carbocycles. The van der Waals surface area contributed by atoms with Crippen LogP contribution >= 0.6 is 0 Å². The van der Waals surface area contributed by atoms with Crippen molar-refractivity contribution >= 4 is 21.6 Å². The van der Waals surface area contributed by atoms with Crippen molar-refractivity contribution in [2.24, 2.45) is 7.05 Å². The van der Waals surface area contributed by atoms with Crippen molar-refractivity contribution in [1.29, 1.82) is 0 Å². The third-order valence-electron chi connectivity index (χ3n) is 4.12. The van der Waals surface area contributed by atoms with Crippen LogP contribution < -0.4 is 10.0 Å². The van der Waals surface area contributed by atoms with E-state index in [0.29, 0.717) is 12.1 Å². The van der Waals surface area contributed by atoms with Crippen LogP contribution in [0.4, 0.5) is 23.2 Å². The summed E-state index contributed by atoms with van der Waals surface area (Å²) in [5.74, 6) is -2.32. The van der Waals surface area contributed by atoms with Crippen LogP contribution in [-0.4, -0.2) is 24.9 Å². The summed E-state index contributed by atoms with van der Waals surface area (Å²) in [5, 5.41) is 2.24. The molecule has 0 aliphatic heterocycles. The van der Waals surface area contributed by atoms with Crippen LogP contribution in [0.3, 0.4) is 0 Å². The molecule has 1 aromatic heterocycles. The fourth-order valence-electron chi connectivity index (χ4n) is 2.69. The van der Waals surface area contributed by atoms with Gasteiger partial charge in [0.05, 0.1) is 5.56 Å². The predicted octanol–water partition coefficient (Wildman–Crippen LogP) is 3.60. The largest absolute Gasteiger partial charge is 0.419 e. The number of hydrogen-bond acceptors (Lipinski definition) is 3. The van der Waals surface area contributed by atoms with Crippen molar-refractivity contribution < 1.29 is 30.8 Å². The second-order valence-corrected chi connectivity index (χ2v) is 8.05. The molecule has 29 heavy (non-hydrogen) atoms. The molecule has 2 aromatic rings. The Labute approximate surface area is 165 Å². The molecule has 0 saturated carbocycles. The lowest BCUT2D eigenvalue weighted by atomic mass is 10.1. The molecule has 0 fully saturated rings. The van der Waals surface area contributed by atoms with Crippen molar-refractivity contribution in [1.82, 2.24) is 9.29 Å². The van der Waals surface area contributed by atoms with Gasteiger partial charge in [-0.15, -0.1) is 6.58 Å². The normalized spacial score (nSPS) is 13.2.